The largest absolute Gasteiger partial charge is 0.386 e. The number of hydrogen-bond donors (Lipinski definition) is 4. The summed E-state index contributed by atoms with van der Waals surface area (Å²) in [5, 5.41) is 23.7. The lowest BCUT2D eigenvalue weighted by atomic mass is 9.87. The molecule has 0 heterocycles. The van der Waals surface area contributed by atoms with Crippen molar-refractivity contribution in [2.45, 2.75) is 52.6 Å². The highest BCUT2D eigenvalue weighted by Gasteiger charge is 2.36. The summed E-state index contributed by atoms with van der Waals surface area (Å²) in [5.41, 5.74) is 9.49. The van der Waals surface area contributed by atoms with Gasteiger partial charge in [-0.3, -0.25) is 10.8 Å². The molecule has 2 atom stereocenters. The predicted octanol–water partition coefficient (Wildman–Crippen LogP) is 2.14. The number of nitrogens with zero attached hydrogens (tertiary/aromatic N) is 2. The molecule has 0 aliphatic rings. The molecule has 0 fully saturated rings. The molecule has 2 unspecified atom stereocenters. The smallest absolute Gasteiger partial charge is 0.137 e. The maximum atomic E-state index is 7.64. The molecule has 104 valence electrons. The molecular formula is C12H26N6. The first-order valence-corrected chi connectivity index (χ1v) is 6.11. The van der Waals surface area contributed by atoms with Crippen LogP contribution in [0.3, 0.4) is 0 Å². The van der Waals surface area contributed by atoms with E-state index in [-0.39, 0.29) is 23.5 Å². The van der Waals surface area contributed by atoms with E-state index in [2.05, 4.69) is 10.2 Å². The molecule has 0 aliphatic carbocycles. The van der Waals surface area contributed by atoms with Crippen molar-refractivity contribution in [3.63, 3.8) is 0 Å². The Kier molecular flexibility index (Phi) is 5.01. The number of amidine groups is 2. The minimum absolute atomic E-state index is 0.0316. The molecule has 0 bridgehead atoms. The van der Waals surface area contributed by atoms with Gasteiger partial charge in [0, 0.05) is 0 Å². The predicted molar refractivity (Wildman–Crippen MR) is 75.2 cm³/mol. The van der Waals surface area contributed by atoms with Crippen LogP contribution >= 0.6 is 0 Å². The van der Waals surface area contributed by atoms with Crippen molar-refractivity contribution in [3.05, 3.63) is 0 Å². The lowest BCUT2D eigenvalue weighted by molar-refractivity contribution is 0.370. The van der Waals surface area contributed by atoms with Gasteiger partial charge in [0.1, 0.15) is 22.7 Å². The van der Waals surface area contributed by atoms with E-state index < -0.39 is 11.1 Å². The Morgan fingerprint density at radius 2 is 1.06 bits per heavy atom. The fourth-order valence-electron chi connectivity index (χ4n) is 1.17. The first-order chi connectivity index (χ1) is 7.98. The van der Waals surface area contributed by atoms with E-state index in [1.54, 1.807) is 13.8 Å². The highest BCUT2D eigenvalue weighted by Crippen LogP contribution is 2.27. The highest BCUT2D eigenvalue weighted by atomic mass is 15.2. The van der Waals surface area contributed by atoms with Crippen molar-refractivity contribution in [2.24, 2.45) is 33.5 Å². The van der Waals surface area contributed by atoms with Gasteiger partial charge in [0.15, 0.2) is 0 Å². The fourth-order valence-corrected chi connectivity index (χ4v) is 1.17. The molecule has 0 saturated carbocycles. The van der Waals surface area contributed by atoms with Crippen molar-refractivity contribution < 1.29 is 0 Å². The SMILES string of the molecule is CC(C)C(C)(/N=N/C(C)(C(=N)N)C(C)C)C(=N)N. The molecule has 0 radical (unpaired) electrons. The summed E-state index contributed by atoms with van der Waals surface area (Å²) in [6, 6.07) is 0. The van der Waals surface area contributed by atoms with E-state index in [0.29, 0.717) is 0 Å². The minimum atomic E-state index is -0.856. The molecule has 18 heavy (non-hydrogen) atoms. The summed E-state index contributed by atoms with van der Waals surface area (Å²) in [5.74, 6) is 0.0241. The summed E-state index contributed by atoms with van der Waals surface area (Å²) in [4.78, 5) is 0. The number of nitrogens with one attached hydrogen (secondary N) is 2. The number of nitrogens with two attached hydrogens (primary N) is 2. The van der Waals surface area contributed by atoms with Gasteiger partial charge in [0.25, 0.3) is 0 Å². The van der Waals surface area contributed by atoms with Crippen molar-refractivity contribution >= 4 is 11.7 Å². The minimum Gasteiger partial charge on any atom is -0.386 e. The fraction of sp³-hybridized carbons (Fsp3) is 0.833. The summed E-state index contributed by atoms with van der Waals surface area (Å²) in [6.07, 6.45) is 0. The lowest BCUT2D eigenvalue weighted by Crippen LogP contribution is -2.46. The highest BCUT2D eigenvalue weighted by molar-refractivity contribution is 5.88. The molecule has 0 amide bonds. The van der Waals surface area contributed by atoms with Gasteiger partial charge < -0.3 is 11.5 Å². The van der Waals surface area contributed by atoms with Crippen molar-refractivity contribution in [1.29, 1.82) is 10.8 Å². The van der Waals surface area contributed by atoms with Crippen molar-refractivity contribution in [1.82, 2.24) is 0 Å². The molecule has 6 N–H and O–H groups in total. The number of hydrogen-bond acceptors (Lipinski definition) is 4. The lowest BCUT2D eigenvalue weighted by Gasteiger charge is -2.31. The van der Waals surface area contributed by atoms with Crippen LogP contribution in [0.5, 0.6) is 0 Å². The van der Waals surface area contributed by atoms with E-state index in [9.17, 15) is 0 Å². The van der Waals surface area contributed by atoms with E-state index in [0.717, 1.165) is 0 Å². The van der Waals surface area contributed by atoms with Crippen LogP contribution in [0.1, 0.15) is 41.5 Å². The van der Waals surface area contributed by atoms with Gasteiger partial charge in [-0.1, -0.05) is 27.7 Å². The van der Waals surface area contributed by atoms with Crippen LogP contribution in [0.2, 0.25) is 0 Å². The van der Waals surface area contributed by atoms with Crippen molar-refractivity contribution in [2.75, 3.05) is 0 Å². The second kappa shape index (κ2) is 5.46. The van der Waals surface area contributed by atoms with Gasteiger partial charge in [0.2, 0.25) is 0 Å². The zero-order valence-corrected chi connectivity index (χ0v) is 12.2. The van der Waals surface area contributed by atoms with E-state index in [4.69, 9.17) is 22.3 Å². The van der Waals surface area contributed by atoms with Gasteiger partial charge in [-0.25, -0.2) is 0 Å². The second-order valence-electron chi connectivity index (χ2n) is 5.63. The molecule has 0 aromatic carbocycles. The third-order valence-corrected chi connectivity index (χ3v) is 3.80. The van der Waals surface area contributed by atoms with E-state index in [1.807, 2.05) is 27.7 Å². The maximum Gasteiger partial charge on any atom is 0.137 e. The van der Waals surface area contributed by atoms with E-state index in [1.165, 1.54) is 0 Å². The van der Waals surface area contributed by atoms with Gasteiger partial charge >= 0.3 is 0 Å². The first kappa shape index (κ1) is 16.5. The third kappa shape index (κ3) is 3.05. The van der Waals surface area contributed by atoms with Crippen LogP contribution in [0.25, 0.3) is 0 Å². The summed E-state index contributed by atoms with van der Waals surface area (Å²) >= 11 is 0. The van der Waals surface area contributed by atoms with Crippen LogP contribution in [-0.4, -0.2) is 22.7 Å². The van der Waals surface area contributed by atoms with Crippen LogP contribution in [0.4, 0.5) is 0 Å². The van der Waals surface area contributed by atoms with Gasteiger partial charge in [-0.05, 0) is 25.7 Å². The summed E-state index contributed by atoms with van der Waals surface area (Å²) in [6.45, 7) is 11.3. The van der Waals surface area contributed by atoms with Gasteiger partial charge in [0.05, 0.1) is 0 Å². The Bertz CT molecular complexity index is 326. The maximum absolute atomic E-state index is 7.64. The van der Waals surface area contributed by atoms with Crippen LogP contribution in [0.15, 0.2) is 10.2 Å². The number of rotatable bonds is 6. The second-order valence-corrected chi connectivity index (χ2v) is 5.63. The quantitative estimate of drug-likeness (QED) is 0.329. The topological polar surface area (TPSA) is 124 Å². The van der Waals surface area contributed by atoms with Crippen molar-refractivity contribution in [3.8, 4) is 0 Å². The standard InChI is InChI=1S/C12H26N6/c1-7(2)11(5,9(13)14)17-18-12(6,8(3)4)10(15)16/h7-8H,1-6H3,(H3,13,14)(H3,15,16)/b18-17+. The monoisotopic (exact) mass is 254 g/mol. The Balaban J connectivity index is 5.45. The molecule has 0 aromatic rings. The zero-order chi connectivity index (χ0) is 14.7. The molecule has 6 nitrogen and oxygen atoms in total. The Morgan fingerprint density at radius 3 is 1.17 bits per heavy atom. The van der Waals surface area contributed by atoms with Gasteiger partial charge in [-0.15, -0.1) is 0 Å². The Hall–Kier alpha value is -1.46. The van der Waals surface area contributed by atoms with Gasteiger partial charge in [-0.2, -0.15) is 10.2 Å². The number of azo groups is 1. The molecule has 6 heteroatoms. The van der Waals surface area contributed by atoms with Crippen LogP contribution in [-0.2, 0) is 0 Å². The Morgan fingerprint density at radius 1 is 0.833 bits per heavy atom. The summed E-state index contributed by atoms with van der Waals surface area (Å²) < 4.78 is 0. The average Bonchev–Trinajstić information content (AvgIpc) is 2.23. The molecule has 0 rings (SSSR count). The summed E-state index contributed by atoms with van der Waals surface area (Å²) in [7, 11) is 0. The molecule has 0 aliphatic heterocycles. The molecular weight excluding hydrogens is 228 g/mol. The Labute approximate surface area is 109 Å². The molecule has 0 saturated heterocycles. The third-order valence-electron chi connectivity index (χ3n) is 3.80. The molecule has 0 aromatic heterocycles. The average molecular weight is 254 g/mol. The normalized spacial score (nSPS) is 18.9. The van der Waals surface area contributed by atoms with Crippen LogP contribution in [0, 0.1) is 22.7 Å². The molecule has 0 spiro atoms. The van der Waals surface area contributed by atoms with Crippen LogP contribution < -0.4 is 11.5 Å². The van der Waals surface area contributed by atoms with E-state index >= 15 is 0 Å². The zero-order valence-electron chi connectivity index (χ0n) is 12.2. The first-order valence-electron chi connectivity index (χ1n) is 6.11.